The summed E-state index contributed by atoms with van der Waals surface area (Å²) in [6.07, 6.45) is 2.80. The van der Waals surface area contributed by atoms with Crippen LogP contribution in [0.2, 0.25) is 0 Å². The van der Waals surface area contributed by atoms with E-state index in [2.05, 4.69) is 15.5 Å². The molecule has 2 bridgehead atoms. The number of β-lactam (4-membered cyclic amide) rings is 1. The molecule has 14 heteroatoms. The number of hydrogen-bond donors (Lipinski definition) is 4. The number of rotatable bonds is 8. The van der Waals surface area contributed by atoms with Gasteiger partial charge in [-0.1, -0.05) is 5.16 Å². The Kier molecular flexibility index (Phi) is 6.47. The summed E-state index contributed by atoms with van der Waals surface area (Å²) in [6, 6.07) is -0.890. The Balaban J connectivity index is 1.32. The highest BCUT2D eigenvalue weighted by Gasteiger charge is 2.56. The molecule has 0 unspecified atom stereocenters. The van der Waals surface area contributed by atoms with Crippen molar-refractivity contribution in [3.63, 3.8) is 0 Å². The van der Waals surface area contributed by atoms with E-state index in [1.165, 1.54) is 23.8 Å². The summed E-state index contributed by atoms with van der Waals surface area (Å²) < 4.78 is 0.800. The third-order valence-corrected chi connectivity index (χ3v) is 9.92. The second-order valence-corrected chi connectivity index (χ2v) is 11.9. The van der Waals surface area contributed by atoms with Crippen molar-refractivity contribution in [2.45, 2.75) is 30.7 Å². The van der Waals surface area contributed by atoms with Crippen LogP contribution in [0, 0.1) is 5.41 Å². The first kappa shape index (κ1) is 25.0. The standard InChI is InChI=1S/C22H28N6O6S2/c1-34-26-14(13-10-36-21(23)24-13)17(30)25-15-18(31)27-16(20(32)33)12(9-35-19(15)27)8-28-5-2-22(11-29,3-6-28)4-7-28/h10,15,19,29H,2-9,11H2,1H3,(H3-,23,24,25,30,32,33)/p+1/t15-,19+,22?,28?/m1/s1. The lowest BCUT2D eigenvalue weighted by Gasteiger charge is -2.55. The van der Waals surface area contributed by atoms with Gasteiger partial charge in [0.2, 0.25) is 0 Å². The molecule has 1 aromatic heterocycles. The Labute approximate surface area is 215 Å². The lowest BCUT2D eigenvalue weighted by Crippen LogP contribution is -2.71. The molecule has 6 heterocycles. The van der Waals surface area contributed by atoms with Crippen LogP contribution in [-0.4, -0.2) is 105 Å². The molecule has 0 radical (unpaired) electrons. The van der Waals surface area contributed by atoms with Crippen LogP contribution in [-0.2, 0) is 19.2 Å². The van der Waals surface area contributed by atoms with Gasteiger partial charge in [0, 0.05) is 48.0 Å². The molecule has 12 nitrogen and oxygen atoms in total. The summed E-state index contributed by atoms with van der Waals surface area (Å²) in [6.45, 7) is 3.50. The molecule has 2 atom stereocenters. The molecule has 5 N–H and O–H groups in total. The van der Waals surface area contributed by atoms with Gasteiger partial charge in [0.15, 0.2) is 10.8 Å². The zero-order chi connectivity index (χ0) is 25.7. The average Bonchev–Trinajstić information content (AvgIpc) is 3.31. The number of anilines is 1. The van der Waals surface area contributed by atoms with E-state index in [-0.39, 0.29) is 34.3 Å². The number of thiazole rings is 1. The van der Waals surface area contributed by atoms with Crippen molar-refractivity contribution in [1.29, 1.82) is 0 Å². The minimum absolute atomic E-state index is 0.0184. The molecule has 2 amide bonds. The molecule has 4 fully saturated rings. The van der Waals surface area contributed by atoms with E-state index in [1.807, 2.05) is 0 Å². The Morgan fingerprint density at radius 2 is 2.06 bits per heavy atom. The number of thioether (sulfide) groups is 1. The number of amides is 2. The van der Waals surface area contributed by atoms with Crippen molar-refractivity contribution >= 4 is 51.7 Å². The quantitative estimate of drug-likeness (QED) is 0.152. The number of aromatic nitrogens is 1. The third kappa shape index (κ3) is 4.15. The normalized spacial score (nSPS) is 31.7. The smallest absolute Gasteiger partial charge is 0.352 e. The van der Waals surface area contributed by atoms with E-state index in [0.717, 1.165) is 60.3 Å². The number of fused-ring (bicyclic) bond motifs is 4. The van der Waals surface area contributed by atoms with E-state index >= 15 is 0 Å². The Morgan fingerprint density at radius 3 is 2.61 bits per heavy atom. The number of hydrogen-bond acceptors (Lipinski definition) is 10. The number of nitrogens with zero attached hydrogens (tertiary/aromatic N) is 4. The molecule has 4 saturated heterocycles. The highest BCUT2D eigenvalue weighted by molar-refractivity contribution is 8.00. The monoisotopic (exact) mass is 537 g/mol. The molecular formula is C22H29N6O6S2+. The van der Waals surface area contributed by atoms with Gasteiger partial charge in [-0.3, -0.25) is 14.5 Å². The summed E-state index contributed by atoms with van der Waals surface area (Å²) in [5, 5.41) is 27.6. The SMILES string of the molecule is CON=C(C(=O)N[C@@H]1C(=O)N2C(C(=O)O)=C(C[N+]34CCC(CO)(CC3)CC4)CS[C@@H]12)c1csc(N)n1. The highest BCUT2D eigenvalue weighted by atomic mass is 32.2. The number of carboxylic acids is 1. The number of oxime groups is 1. The molecule has 6 rings (SSSR count). The van der Waals surface area contributed by atoms with Crippen LogP contribution in [0.3, 0.4) is 0 Å². The summed E-state index contributed by atoms with van der Waals surface area (Å²) in [4.78, 5) is 48.5. The van der Waals surface area contributed by atoms with Gasteiger partial charge in [0.05, 0.1) is 19.6 Å². The first-order valence-electron chi connectivity index (χ1n) is 11.7. The van der Waals surface area contributed by atoms with Gasteiger partial charge in [0.1, 0.15) is 36.5 Å². The number of carbonyl (C=O) groups excluding carboxylic acids is 2. The molecule has 5 aliphatic rings. The number of aliphatic hydroxyl groups is 1. The zero-order valence-electron chi connectivity index (χ0n) is 19.8. The maximum absolute atomic E-state index is 13.1. The number of piperidine rings is 3. The van der Waals surface area contributed by atoms with E-state index in [0.29, 0.717) is 12.3 Å². The minimum atomic E-state index is -1.13. The number of nitrogen functional groups attached to an aromatic ring is 1. The van der Waals surface area contributed by atoms with Gasteiger partial charge in [-0.05, 0) is 0 Å². The van der Waals surface area contributed by atoms with E-state index in [9.17, 15) is 24.6 Å². The lowest BCUT2D eigenvalue weighted by atomic mass is 9.71. The van der Waals surface area contributed by atoms with E-state index in [1.54, 1.807) is 5.38 Å². The van der Waals surface area contributed by atoms with Crippen LogP contribution in [0.5, 0.6) is 0 Å². The molecular weight excluding hydrogens is 508 g/mol. The number of nitrogens with two attached hydrogens (primary N) is 1. The second kappa shape index (κ2) is 9.32. The fourth-order valence-corrected chi connectivity index (χ4v) is 7.60. The molecule has 0 spiro atoms. The third-order valence-electron chi connectivity index (χ3n) is 7.91. The van der Waals surface area contributed by atoms with Gasteiger partial charge in [0.25, 0.3) is 11.8 Å². The molecule has 194 valence electrons. The summed E-state index contributed by atoms with van der Waals surface area (Å²) in [5.74, 6) is -1.79. The van der Waals surface area contributed by atoms with Crippen molar-refractivity contribution < 1.29 is 33.9 Å². The van der Waals surface area contributed by atoms with Crippen LogP contribution in [0.1, 0.15) is 25.0 Å². The van der Waals surface area contributed by atoms with Gasteiger partial charge < -0.3 is 30.6 Å². The first-order valence-corrected chi connectivity index (χ1v) is 13.6. The topological polar surface area (TPSA) is 167 Å². The molecule has 0 saturated carbocycles. The van der Waals surface area contributed by atoms with Gasteiger partial charge in [-0.2, -0.15) is 0 Å². The Bertz CT molecular complexity index is 1140. The van der Waals surface area contributed by atoms with Crippen molar-refractivity contribution in [2.75, 3.05) is 51.4 Å². The molecule has 0 aliphatic carbocycles. The number of aliphatic carboxylic acids is 1. The Morgan fingerprint density at radius 1 is 1.36 bits per heavy atom. The number of quaternary nitrogens is 1. The lowest BCUT2D eigenvalue weighted by molar-refractivity contribution is -0.941. The minimum Gasteiger partial charge on any atom is -0.477 e. The fraction of sp³-hybridized carbons (Fsp3) is 0.591. The van der Waals surface area contributed by atoms with Crippen molar-refractivity contribution in [1.82, 2.24) is 15.2 Å². The average molecular weight is 538 g/mol. The van der Waals surface area contributed by atoms with Crippen LogP contribution < -0.4 is 11.1 Å². The van der Waals surface area contributed by atoms with Crippen molar-refractivity contribution in [2.24, 2.45) is 10.6 Å². The van der Waals surface area contributed by atoms with Gasteiger partial charge in [-0.15, -0.1) is 23.1 Å². The second-order valence-electron chi connectivity index (χ2n) is 9.89. The molecule has 1 aromatic rings. The summed E-state index contributed by atoms with van der Waals surface area (Å²) in [7, 11) is 1.29. The molecule has 5 aliphatic heterocycles. The number of carbonyl (C=O) groups is 3. The van der Waals surface area contributed by atoms with Gasteiger partial charge in [-0.25, -0.2) is 9.78 Å². The Hall–Kier alpha value is -2.68. The van der Waals surface area contributed by atoms with Crippen LogP contribution in [0.4, 0.5) is 5.13 Å². The van der Waals surface area contributed by atoms with E-state index in [4.69, 9.17) is 10.6 Å². The van der Waals surface area contributed by atoms with Crippen LogP contribution in [0.25, 0.3) is 0 Å². The molecule has 36 heavy (non-hydrogen) atoms. The van der Waals surface area contributed by atoms with E-state index < -0.39 is 29.2 Å². The predicted octanol–water partition coefficient (Wildman–Crippen LogP) is -0.193. The first-order chi connectivity index (χ1) is 17.2. The fourth-order valence-electron chi connectivity index (χ4n) is 5.72. The van der Waals surface area contributed by atoms with Gasteiger partial charge >= 0.3 is 5.97 Å². The van der Waals surface area contributed by atoms with Crippen molar-refractivity contribution in [3.05, 3.63) is 22.3 Å². The maximum Gasteiger partial charge on any atom is 0.352 e. The number of nitrogens with one attached hydrogen (secondary N) is 1. The maximum atomic E-state index is 13.1. The predicted molar refractivity (Wildman–Crippen MR) is 133 cm³/mol. The van der Waals surface area contributed by atoms with Crippen LogP contribution in [0.15, 0.2) is 21.8 Å². The number of carboxylic acid groups (broad SMARTS) is 1. The largest absolute Gasteiger partial charge is 0.477 e. The van der Waals surface area contributed by atoms with Crippen molar-refractivity contribution in [3.8, 4) is 0 Å². The summed E-state index contributed by atoms with van der Waals surface area (Å²) >= 11 is 2.59. The number of aliphatic hydroxyl groups excluding tert-OH is 1. The highest BCUT2D eigenvalue weighted by Crippen LogP contribution is 2.46. The van der Waals surface area contributed by atoms with Crippen LogP contribution >= 0.6 is 23.1 Å². The molecule has 0 aromatic carbocycles. The zero-order valence-corrected chi connectivity index (χ0v) is 21.4. The summed E-state index contributed by atoms with van der Waals surface area (Å²) in [5.41, 5.74) is 6.58.